The molecule has 0 aliphatic rings. The van der Waals surface area contributed by atoms with Crippen molar-refractivity contribution >= 4 is 16.6 Å². The van der Waals surface area contributed by atoms with Gasteiger partial charge in [0.05, 0.1) is 16.9 Å². The van der Waals surface area contributed by atoms with Gasteiger partial charge in [-0.1, -0.05) is 48.5 Å². The summed E-state index contributed by atoms with van der Waals surface area (Å²) < 4.78 is 0. The number of nitrogens with two attached hydrogens (primary N) is 1. The van der Waals surface area contributed by atoms with E-state index in [0.29, 0.717) is 0 Å². The summed E-state index contributed by atoms with van der Waals surface area (Å²) in [5.74, 6) is 0. The minimum Gasteiger partial charge on any atom is -0.397 e. The van der Waals surface area contributed by atoms with Gasteiger partial charge in [0.25, 0.3) is 0 Å². The van der Waals surface area contributed by atoms with E-state index >= 15 is 0 Å². The van der Waals surface area contributed by atoms with Gasteiger partial charge in [0.2, 0.25) is 0 Å². The summed E-state index contributed by atoms with van der Waals surface area (Å²) in [4.78, 5) is 4.62. The number of para-hydroxylation sites is 1. The van der Waals surface area contributed by atoms with Crippen LogP contribution in [0.4, 0.5) is 5.69 Å². The fraction of sp³-hybridized carbons (Fsp3) is 0. The van der Waals surface area contributed by atoms with Crippen LogP contribution in [0.5, 0.6) is 0 Å². The average molecular weight is 220 g/mol. The van der Waals surface area contributed by atoms with Crippen molar-refractivity contribution < 1.29 is 0 Å². The van der Waals surface area contributed by atoms with Crippen LogP contribution in [-0.2, 0) is 0 Å². The zero-order valence-corrected chi connectivity index (χ0v) is 9.30. The van der Waals surface area contributed by atoms with Crippen molar-refractivity contribution in [2.45, 2.75) is 0 Å². The van der Waals surface area contributed by atoms with Crippen LogP contribution < -0.4 is 5.73 Å². The minimum absolute atomic E-state index is 0.718. The molecule has 1 aromatic heterocycles. The Morgan fingerprint density at radius 2 is 1.53 bits per heavy atom. The zero-order valence-electron chi connectivity index (χ0n) is 9.30. The normalized spacial score (nSPS) is 10.6. The van der Waals surface area contributed by atoms with Crippen molar-refractivity contribution in [2.75, 3.05) is 5.73 Å². The third-order valence-electron chi connectivity index (χ3n) is 2.80. The van der Waals surface area contributed by atoms with Gasteiger partial charge >= 0.3 is 0 Å². The second-order valence-electron chi connectivity index (χ2n) is 3.98. The van der Waals surface area contributed by atoms with E-state index < -0.39 is 0 Å². The Hall–Kier alpha value is -2.35. The summed E-state index contributed by atoms with van der Waals surface area (Å²) in [5, 5.41) is 1.07. The minimum atomic E-state index is 0.718. The van der Waals surface area contributed by atoms with Gasteiger partial charge in [-0.25, -0.2) is 4.98 Å². The van der Waals surface area contributed by atoms with Crippen molar-refractivity contribution in [3.05, 3.63) is 60.7 Å². The molecule has 2 nitrogen and oxygen atoms in total. The van der Waals surface area contributed by atoms with Gasteiger partial charge in [0.15, 0.2) is 0 Å². The number of benzene rings is 2. The molecule has 0 aliphatic carbocycles. The number of nitrogens with zero attached hydrogens (tertiary/aromatic N) is 1. The first-order valence-corrected chi connectivity index (χ1v) is 5.55. The van der Waals surface area contributed by atoms with E-state index in [9.17, 15) is 0 Å². The van der Waals surface area contributed by atoms with E-state index in [2.05, 4.69) is 4.98 Å². The molecule has 0 aliphatic heterocycles. The summed E-state index contributed by atoms with van der Waals surface area (Å²) in [5.41, 5.74) is 9.65. The number of fused-ring (bicyclic) bond motifs is 1. The quantitative estimate of drug-likeness (QED) is 0.681. The molecule has 3 rings (SSSR count). The molecule has 0 unspecified atom stereocenters. The maximum absolute atomic E-state index is 6.06. The molecule has 0 spiro atoms. The first kappa shape index (κ1) is 9.85. The zero-order chi connectivity index (χ0) is 11.7. The molecule has 3 aromatic rings. The van der Waals surface area contributed by atoms with E-state index in [1.54, 1.807) is 0 Å². The van der Waals surface area contributed by atoms with E-state index in [1.165, 1.54) is 0 Å². The number of anilines is 1. The second-order valence-corrected chi connectivity index (χ2v) is 3.98. The lowest BCUT2D eigenvalue weighted by atomic mass is 10.1. The molecule has 0 saturated heterocycles. The van der Waals surface area contributed by atoms with Crippen LogP contribution in [0.25, 0.3) is 22.2 Å². The van der Waals surface area contributed by atoms with Gasteiger partial charge in [-0.3, -0.25) is 0 Å². The van der Waals surface area contributed by atoms with Crippen molar-refractivity contribution in [3.63, 3.8) is 0 Å². The van der Waals surface area contributed by atoms with Crippen LogP contribution in [-0.4, -0.2) is 4.98 Å². The van der Waals surface area contributed by atoms with Crippen molar-refractivity contribution in [3.8, 4) is 11.3 Å². The molecule has 0 atom stereocenters. The standard InChI is InChI=1S/C15H12N2/c16-13-10-12-8-4-5-9-14(12)17-15(13)11-6-2-1-3-7-11/h1-10H,16H2. The molecule has 0 bridgehead atoms. The number of hydrogen-bond donors (Lipinski definition) is 1. The van der Waals surface area contributed by atoms with Gasteiger partial charge in [-0.15, -0.1) is 0 Å². The summed E-state index contributed by atoms with van der Waals surface area (Å²) >= 11 is 0. The van der Waals surface area contributed by atoms with Crippen molar-refractivity contribution in [2.24, 2.45) is 0 Å². The van der Waals surface area contributed by atoms with Crippen LogP contribution in [0.15, 0.2) is 60.7 Å². The maximum atomic E-state index is 6.06. The molecule has 1 heterocycles. The topological polar surface area (TPSA) is 38.9 Å². The van der Waals surface area contributed by atoms with Gasteiger partial charge in [0, 0.05) is 10.9 Å². The molecule has 0 saturated carbocycles. The summed E-state index contributed by atoms with van der Waals surface area (Å²) in [7, 11) is 0. The molecule has 82 valence electrons. The Morgan fingerprint density at radius 1 is 0.824 bits per heavy atom. The van der Waals surface area contributed by atoms with Gasteiger partial charge in [-0.05, 0) is 12.1 Å². The van der Waals surface area contributed by atoms with Crippen LogP contribution in [0.3, 0.4) is 0 Å². The smallest absolute Gasteiger partial charge is 0.0938 e. The molecular formula is C15H12N2. The summed E-state index contributed by atoms with van der Waals surface area (Å²) in [6.45, 7) is 0. The number of nitrogen functional groups attached to an aromatic ring is 1. The van der Waals surface area contributed by atoms with Crippen molar-refractivity contribution in [1.29, 1.82) is 0 Å². The van der Waals surface area contributed by atoms with Crippen LogP contribution in [0.1, 0.15) is 0 Å². The number of hydrogen-bond acceptors (Lipinski definition) is 2. The van der Waals surface area contributed by atoms with E-state index in [1.807, 2.05) is 60.7 Å². The number of rotatable bonds is 1. The first-order valence-electron chi connectivity index (χ1n) is 5.55. The molecule has 0 amide bonds. The lowest BCUT2D eigenvalue weighted by Gasteiger charge is -2.06. The largest absolute Gasteiger partial charge is 0.397 e. The fourth-order valence-electron chi connectivity index (χ4n) is 1.96. The molecule has 2 N–H and O–H groups in total. The van der Waals surface area contributed by atoms with Crippen LogP contribution in [0.2, 0.25) is 0 Å². The molecule has 17 heavy (non-hydrogen) atoms. The molecule has 0 radical (unpaired) electrons. The highest BCUT2D eigenvalue weighted by atomic mass is 14.7. The lowest BCUT2D eigenvalue weighted by Crippen LogP contribution is -1.94. The summed E-state index contributed by atoms with van der Waals surface area (Å²) in [6.07, 6.45) is 0. The van der Waals surface area contributed by atoms with E-state index in [4.69, 9.17) is 5.73 Å². The van der Waals surface area contributed by atoms with Crippen LogP contribution in [0, 0.1) is 0 Å². The highest BCUT2D eigenvalue weighted by molar-refractivity contribution is 5.87. The van der Waals surface area contributed by atoms with E-state index in [0.717, 1.165) is 27.8 Å². The number of aromatic nitrogens is 1. The Balaban J connectivity index is 2.27. The predicted molar refractivity (Wildman–Crippen MR) is 71.6 cm³/mol. The molecule has 2 heteroatoms. The Labute approximate surface area is 99.7 Å². The highest BCUT2D eigenvalue weighted by Crippen LogP contribution is 2.26. The van der Waals surface area contributed by atoms with Crippen LogP contribution >= 0.6 is 0 Å². The monoisotopic (exact) mass is 220 g/mol. The predicted octanol–water partition coefficient (Wildman–Crippen LogP) is 3.48. The SMILES string of the molecule is Nc1cc2ccccc2nc1-c1ccccc1. The number of pyridine rings is 1. The average Bonchev–Trinajstić information content (AvgIpc) is 2.39. The molecule has 2 aromatic carbocycles. The first-order chi connectivity index (χ1) is 8.34. The Bertz CT molecular complexity index is 660. The lowest BCUT2D eigenvalue weighted by molar-refractivity contribution is 1.40. The van der Waals surface area contributed by atoms with Gasteiger partial charge in [0.1, 0.15) is 0 Å². The molecular weight excluding hydrogens is 208 g/mol. The Morgan fingerprint density at radius 3 is 2.35 bits per heavy atom. The maximum Gasteiger partial charge on any atom is 0.0938 e. The van der Waals surface area contributed by atoms with Crippen molar-refractivity contribution in [1.82, 2.24) is 4.98 Å². The fourth-order valence-corrected chi connectivity index (χ4v) is 1.96. The Kier molecular flexibility index (Phi) is 2.26. The molecule has 0 fully saturated rings. The van der Waals surface area contributed by atoms with Gasteiger partial charge < -0.3 is 5.73 Å². The third-order valence-corrected chi connectivity index (χ3v) is 2.80. The second kappa shape index (κ2) is 3.91. The van der Waals surface area contributed by atoms with E-state index in [-0.39, 0.29) is 0 Å². The van der Waals surface area contributed by atoms with Gasteiger partial charge in [-0.2, -0.15) is 0 Å². The highest BCUT2D eigenvalue weighted by Gasteiger charge is 2.05. The summed E-state index contributed by atoms with van der Waals surface area (Å²) in [6, 6.07) is 20.0. The third kappa shape index (κ3) is 1.74.